The third-order valence-electron chi connectivity index (χ3n) is 2.34. The molecule has 4 heteroatoms. The molecule has 17 heavy (non-hydrogen) atoms. The summed E-state index contributed by atoms with van der Waals surface area (Å²) in [5.74, 6) is -2.73. The van der Waals surface area contributed by atoms with Crippen LogP contribution < -0.4 is 10.1 Å². The van der Waals surface area contributed by atoms with E-state index in [2.05, 4.69) is 5.32 Å². The second kappa shape index (κ2) is 5.00. The van der Waals surface area contributed by atoms with Gasteiger partial charge in [-0.2, -0.15) is 8.78 Å². The Bertz CT molecular complexity index is 372. The zero-order valence-corrected chi connectivity index (χ0v) is 10.7. The lowest BCUT2D eigenvalue weighted by atomic mass is 10.0. The number of ether oxygens (including phenoxy) is 1. The Hall–Kier alpha value is -1.16. The zero-order valence-electron chi connectivity index (χ0n) is 10.7. The first-order valence-electron chi connectivity index (χ1n) is 5.52. The molecule has 0 atom stereocenters. The molecule has 0 spiro atoms. The van der Waals surface area contributed by atoms with Crippen molar-refractivity contribution in [3.05, 3.63) is 29.8 Å². The summed E-state index contributed by atoms with van der Waals surface area (Å²) in [5, 5.41) is 2.81. The molecule has 2 nitrogen and oxygen atoms in total. The van der Waals surface area contributed by atoms with Gasteiger partial charge in [0.2, 0.25) is 0 Å². The maximum atomic E-state index is 14.0. The number of halogens is 2. The van der Waals surface area contributed by atoms with Gasteiger partial charge in [-0.1, -0.05) is 12.1 Å². The summed E-state index contributed by atoms with van der Waals surface area (Å²) in [6, 6.07) is 6.20. The predicted octanol–water partition coefficient (Wildman–Crippen LogP) is 3.18. The molecule has 1 aromatic carbocycles. The van der Waals surface area contributed by atoms with Gasteiger partial charge >= 0.3 is 0 Å². The van der Waals surface area contributed by atoms with E-state index in [-0.39, 0.29) is 16.9 Å². The summed E-state index contributed by atoms with van der Waals surface area (Å²) >= 11 is 0. The van der Waals surface area contributed by atoms with Gasteiger partial charge in [-0.25, -0.2) is 0 Å². The van der Waals surface area contributed by atoms with E-state index in [0.717, 1.165) is 0 Å². The summed E-state index contributed by atoms with van der Waals surface area (Å²) in [6.45, 7) is 5.15. The maximum Gasteiger partial charge on any atom is 0.288 e. The number of rotatable bonds is 4. The number of methoxy groups -OCH3 is 1. The van der Waals surface area contributed by atoms with E-state index in [1.54, 1.807) is 18.2 Å². The monoisotopic (exact) mass is 243 g/mol. The zero-order chi connectivity index (χ0) is 13.1. The van der Waals surface area contributed by atoms with Crippen LogP contribution in [0, 0.1) is 0 Å². The lowest BCUT2D eigenvalue weighted by Gasteiger charge is -2.26. The van der Waals surface area contributed by atoms with E-state index in [4.69, 9.17) is 4.74 Å². The molecule has 0 aliphatic rings. The van der Waals surface area contributed by atoms with Crippen LogP contribution in [0.1, 0.15) is 26.3 Å². The van der Waals surface area contributed by atoms with Crippen LogP contribution in [0.15, 0.2) is 24.3 Å². The molecule has 0 aromatic heterocycles. The van der Waals surface area contributed by atoms with Crippen LogP contribution in [-0.4, -0.2) is 19.2 Å². The first kappa shape index (κ1) is 13.9. The van der Waals surface area contributed by atoms with E-state index in [1.807, 2.05) is 20.8 Å². The molecule has 0 saturated heterocycles. The fraction of sp³-hybridized carbons (Fsp3) is 0.538. The van der Waals surface area contributed by atoms with E-state index in [0.29, 0.717) is 0 Å². The molecular formula is C13H19F2NO. The molecule has 0 heterocycles. The van der Waals surface area contributed by atoms with Gasteiger partial charge in [-0.15, -0.1) is 0 Å². The Balaban J connectivity index is 2.88. The standard InChI is InChI=1S/C13H19F2NO/c1-12(2,3)16-9-13(14,15)10-7-5-6-8-11(10)17-4/h5-8,16H,9H2,1-4H3. The van der Waals surface area contributed by atoms with Gasteiger partial charge in [-0.3, -0.25) is 0 Å². The number of alkyl halides is 2. The van der Waals surface area contributed by atoms with Crippen LogP contribution in [-0.2, 0) is 5.92 Å². The molecule has 1 N–H and O–H groups in total. The van der Waals surface area contributed by atoms with Gasteiger partial charge in [-0.05, 0) is 32.9 Å². The molecule has 1 rings (SSSR count). The largest absolute Gasteiger partial charge is 0.496 e. The number of para-hydroxylation sites is 1. The van der Waals surface area contributed by atoms with Crippen molar-refractivity contribution >= 4 is 0 Å². The van der Waals surface area contributed by atoms with Crippen LogP contribution >= 0.6 is 0 Å². The molecule has 96 valence electrons. The summed E-state index contributed by atoms with van der Waals surface area (Å²) < 4.78 is 32.9. The van der Waals surface area contributed by atoms with Crippen LogP contribution in [0.3, 0.4) is 0 Å². The fourth-order valence-corrected chi connectivity index (χ4v) is 1.42. The smallest absolute Gasteiger partial charge is 0.288 e. The summed E-state index contributed by atoms with van der Waals surface area (Å²) in [6.07, 6.45) is 0. The second-order valence-electron chi connectivity index (χ2n) is 5.01. The Labute approximate surface area is 101 Å². The predicted molar refractivity (Wildman–Crippen MR) is 64.6 cm³/mol. The molecular weight excluding hydrogens is 224 g/mol. The number of nitrogens with one attached hydrogen (secondary N) is 1. The lowest BCUT2D eigenvalue weighted by Crippen LogP contribution is -2.42. The minimum absolute atomic E-state index is 0.0840. The maximum absolute atomic E-state index is 14.0. The topological polar surface area (TPSA) is 21.3 Å². The van der Waals surface area contributed by atoms with E-state index in [9.17, 15) is 8.78 Å². The molecule has 0 unspecified atom stereocenters. The van der Waals surface area contributed by atoms with Gasteiger partial charge in [0.15, 0.2) is 0 Å². The SMILES string of the molecule is COc1ccccc1C(F)(F)CNC(C)(C)C. The first-order valence-corrected chi connectivity index (χ1v) is 5.52. The third-order valence-corrected chi connectivity index (χ3v) is 2.34. The minimum Gasteiger partial charge on any atom is -0.496 e. The highest BCUT2D eigenvalue weighted by Crippen LogP contribution is 2.34. The van der Waals surface area contributed by atoms with Crippen LogP contribution in [0.5, 0.6) is 5.75 Å². The first-order chi connectivity index (χ1) is 7.76. The lowest BCUT2D eigenvalue weighted by molar-refractivity contribution is -0.0106. The highest BCUT2D eigenvalue weighted by molar-refractivity contribution is 5.36. The molecule has 0 amide bonds. The van der Waals surface area contributed by atoms with Gasteiger partial charge in [0, 0.05) is 5.54 Å². The Kier molecular flexibility index (Phi) is 4.09. The Morgan fingerprint density at radius 3 is 2.29 bits per heavy atom. The second-order valence-corrected chi connectivity index (χ2v) is 5.01. The van der Waals surface area contributed by atoms with Gasteiger partial charge in [0.1, 0.15) is 5.75 Å². The molecule has 0 aliphatic heterocycles. The van der Waals surface area contributed by atoms with Crippen LogP contribution in [0.25, 0.3) is 0 Å². The number of benzene rings is 1. The summed E-state index contributed by atoms with van der Waals surface area (Å²) in [4.78, 5) is 0. The van der Waals surface area contributed by atoms with Crippen molar-refractivity contribution in [1.29, 1.82) is 0 Å². The third kappa shape index (κ3) is 3.97. The van der Waals surface area contributed by atoms with E-state index < -0.39 is 12.5 Å². The highest BCUT2D eigenvalue weighted by atomic mass is 19.3. The average Bonchev–Trinajstić information content (AvgIpc) is 2.26. The minimum atomic E-state index is -2.94. The van der Waals surface area contributed by atoms with Crippen molar-refractivity contribution < 1.29 is 13.5 Å². The van der Waals surface area contributed by atoms with Gasteiger partial charge in [0.05, 0.1) is 19.2 Å². The molecule has 0 bridgehead atoms. The van der Waals surface area contributed by atoms with Crippen molar-refractivity contribution in [2.75, 3.05) is 13.7 Å². The van der Waals surface area contributed by atoms with Crippen molar-refractivity contribution in [2.45, 2.75) is 32.2 Å². The molecule has 0 aliphatic carbocycles. The summed E-state index contributed by atoms with van der Waals surface area (Å²) in [5.41, 5.74) is -0.426. The van der Waals surface area contributed by atoms with Crippen molar-refractivity contribution in [1.82, 2.24) is 5.32 Å². The van der Waals surface area contributed by atoms with E-state index >= 15 is 0 Å². The van der Waals surface area contributed by atoms with Crippen LogP contribution in [0.4, 0.5) is 8.78 Å². The highest BCUT2D eigenvalue weighted by Gasteiger charge is 2.35. The Morgan fingerprint density at radius 1 is 1.18 bits per heavy atom. The Morgan fingerprint density at radius 2 is 1.76 bits per heavy atom. The molecule has 0 radical (unpaired) electrons. The normalized spacial score (nSPS) is 12.6. The van der Waals surface area contributed by atoms with Crippen molar-refractivity contribution in [3.63, 3.8) is 0 Å². The van der Waals surface area contributed by atoms with E-state index in [1.165, 1.54) is 13.2 Å². The molecule has 1 aromatic rings. The molecule has 0 saturated carbocycles. The summed E-state index contributed by atoms with van der Waals surface area (Å²) in [7, 11) is 1.39. The quantitative estimate of drug-likeness (QED) is 0.877. The van der Waals surface area contributed by atoms with Gasteiger partial charge < -0.3 is 10.1 Å². The van der Waals surface area contributed by atoms with Crippen LogP contribution in [0.2, 0.25) is 0 Å². The fourth-order valence-electron chi connectivity index (χ4n) is 1.42. The van der Waals surface area contributed by atoms with Gasteiger partial charge in [0.25, 0.3) is 5.92 Å². The average molecular weight is 243 g/mol. The van der Waals surface area contributed by atoms with Crippen molar-refractivity contribution in [3.8, 4) is 5.75 Å². The number of hydrogen-bond acceptors (Lipinski definition) is 2. The van der Waals surface area contributed by atoms with Crippen molar-refractivity contribution in [2.24, 2.45) is 0 Å². The molecule has 0 fully saturated rings. The number of hydrogen-bond donors (Lipinski definition) is 1.